The van der Waals surface area contributed by atoms with E-state index in [1.165, 1.54) is 7.05 Å². The highest BCUT2D eigenvalue weighted by atomic mass is 35.5. The van der Waals surface area contributed by atoms with Gasteiger partial charge in [-0.05, 0) is 48.9 Å². The number of rotatable bonds is 8. The molecule has 9 heteroatoms. The number of anilines is 1. The van der Waals surface area contributed by atoms with E-state index in [-0.39, 0.29) is 17.3 Å². The molecule has 174 valence electrons. The zero-order valence-corrected chi connectivity index (χ0v) is 19.6. The fourth-order valence-electron chi connectivity index (χ4n) is 3.17. The number of amides is 1. The minimum Gasteiger partial charge on any atom is -0.366 e. The Hall–Kier alpha value is -4.17. The van der Waals surface area contributed by atoms with Gasteiger partial charge in [0, 0.05) is 48.4 Å². The predicted molar refractivity (Wildman–Crippen MR) is 137 cm³/mol. The highest BCUT2D eigenvalue weighted by Crippen LogP contribution is 2.21. The summed E-state index contributed by atoms with van der Waals surface area (Å²) in [6.07, 6.45) is 7.89. The highest BCUT2D eigenvalue weighted by molar-refractivity contribution is 6.30. The van der Waals surface area contributed by atoms with Crippen molar-refractivity contribution in [3.63, 3.8) is 0 Å². The molecule has 1 amide bonds. The first-order valence-corrected chi connectivity index (χ1v) is 10.9. The predicted octanol–water partition coefficient (Wildman–Crippen LogP) is 3.80. The SMILES string of the molecule is CNC(=O)/C(C=N)=C1C=C(/C(=C/C(=N)NCc2cccc(Cl)c2)Nc2cccc(C)n2)C=CN\1. The summed E-state index contributed by atoms with van der Waals surface area (Å²) in [4.78, 5) is 16.7. The lowest BCUT2D eigenvalue weighted by Crippen LogP contribution is -2.25. The third-order valence-corrected chi connectivity index (χ3v) is 5.07. The zero-order chi connectivity index (χ0) is 24.5. The lowest BCUT2D eigenvalue weighted by molar-refractivity contribution is -0.116. The molecule has 1 aromatic heterocycles. The number of halogens is 1. The van der Waals surface area contributed by atoms with Crippen molar-refractivity contribution in [2.75, 3.05) is 12.4 Å². The van der Waals surface area contributed by atoms with Crippen molar-refractivity contribution in [1.82, 2.24) is 20.9 Å². The van der Waals surface area contributed by atoms with Crippen LogP contribution in [0.15, 0.2) is 89.4 Å². The van der Waals surface area contributed by atoms with Crippen LogP contribution in [0.5, 0.6) is 0 Å². The number of hydrogen-bond acceptors (Lipinski definition) is 6. The monoisotopic (exact) mass is 475 g/mol. The Labute approximate surface area is 203 Å². The normalized spacial score (nSPS) is 14.4. The van der Waals surface area contributed by atoms with Gasteiger partial charge in [0.2, 0.25) is 0 Å². The standard InChI is InChI=1S/C25H26ClN7O/c1-16-5-3-8-24(32-16)33-21(13-23(28)31-15-17-6-4-7-19(26)11-17)18-9-10-30-22(12-18)20(14-27)25(34)29-2/h3-14,27,30H,15H2,1-2H3,(H2,28,31)(H,29,34)(H,32,33)/b21-13-,22-20+,27-14?. The van der Waals surface area contributed by atoms with Gasteiger partial charge < -0.3 is 26.7 Å². The number of nitrogens with zero attached hydrogens (tertiary/aromatic N) is 1. The number of carbonyl (C=O) groups excluding carboxylic acids is 1. The fourth-order valence-corrected chi connectivity index (χ4v) is 3.38. The molecule has 3 rings (SSSR count). The van der Waals surface area contributed by atoms with E-state index in [0.717, 1.165) is 17.5 Å². The van der Waals surface area contributed by atoms with Crippen molar-refractivity contribution >= 4 is 35.4 Å². The van der Waals surface area contributed by atoms with Gasteiger partial charge in [-0.3, -0.25) is 10.2 Å². The van der Waals surface area contributed by atoms with Gasteiger partial charge in [0.25, 0.3) is 5.91 Å². The molecular weight excluding hydrogens is 450 g/mol. The number of carbonyl (C=O) groups is 1. The summed E-state index contributed by atoms with van der Waals surface area (Å²) in [6.45, 7) is 2.33. The number of likely N-dealkylation sites (N-methyl/N-ethyl adjacent to an activating group) is 1. The number of amidine groups is 1. The van der Waals surface area contributed by atoms with Crippen LogP contribution >= 0.6 is 11.6 Å². The molecular formula is C25H26ClN7O. The topological polar surface area (TPSA) is 126 Å². The molecule has 6 N–H and O–H groups in total. The summed E-state index contributed by atoms with van der Waals surface area (Å²) >= 11 is 6.05. The van der Waals surface area contributed by atoms with Crippen LogP contribution in [0.3, 0.4) is 0 Å². The maximum Gasteiger partial charge on any atom is 0.254 e. The molecule has 34 heavy (non-hydrogen) atoms. The first-order chi connectivity index (χ1) is 16.4. The lowest BCUT2D eigenvalue weighted by atomic mass is 10.0. The van der Waals surface area contributed by atoms with Crippen LogP contribution in [0.4, 0.5) is 5.82 Å². The van der Waals surface area contributed by atoms with Gasteiger partial charge in [-0.25, -0.2) is 4.98 Å². The number of allylic oxidation sites excluding steroid dienone is 2. The molecule has 1 aliphatic heterocycles. The summed E-state index contributed by atoms with van der Waals surface area (Å²) in [5, 5.41) is 28.6. The number of nitrogens with one attached hydrogen (secondary N) is 6. The van der Waals surface area contributed by atoms with Crippen molar-refractivity contribution in [2.45, 2.75) is 13.5 Å². The van der Waals surface area contributed by atoms with Crippen LogP contribution in [0, 0.1) is 17.7 Å². The average Bonchev–Trinajstić information content (AvgIpc) is 2.83. The van der Waals surface area contributed by atoms with Gasteiger partial charge in [-0.15, -0.1) is 0 Å². The Morgan fingerprint density at radius 1 is 1.24 bits per heavy atom. The second-order valence-corrected chi connectivity index (χ2v) is 7.81. The van der Waals surface area contributed by atoms with Crippen LogP contribution in [0.2, 0.25) is 5.02 Å². The van der Waals surface area contributed by atoms with Crippen LogP contribution in [0.1, 0.15) is 11.3 Å². The molecule has 0 spiro atoms. The Morgan fingerprint density at radius 2 is 2.03 bits per heavy atom. The maximum atomic E-state index is 12.2. The van der Waals surface area contributed by atoms with Gasteiger partial charge >= 0.3 is 0 Å². The van der Waals surface area contributed by atoms with E-state index in [2.05, 4.69) is 26.3 Å². The summed E-state index contributed by atoms with van der Waals surface area (Å²) in [6, 6.07) is 13.1. The average molecular weight is 476 g/mol. The largest absolute Gasteiger partial charge is 0.366 e. The summed E-state index contributed by atoms with van der Waals surface area (Å²) in [5.74, 6) is 0.413. The van der Waals surface area contributed by atoms with Gasteiger partial charge in [0.05, 0.1) is 17.0 Å². The van der Waals surface area contributed by atoms with E-state index in [4.69, 9.17) is 22.4 Å². The smallest absolute Gasteiger partial charge is 0.254 e. The van der Waals surface area contributed by atoms with Crippen molar-refractivity contribution in [3.05, 3.63) is 106 Å². The third-order valence-electron chi connectivity index (χ3n) is 4.83. The number of dihydropyridines is 1. The number of aryl methyl sites for hydroxylation is 1. The number of aromatic nitrogens is 1. The molecule has 0 atom stereocenters. The summed E-state index contributed by atoms with van der Waals surface area (Å²) in [7, 11) is 1.51. The molecule has 0 bridgehead atoms. The molecule has 0 saturated heterocycles. The quantitative estimate of drug-likeness (QED) is 0.197. The van der Waals surface area contributed by atoms with Gasteiger partial charge in [0.1, 0.15) is 11.7 Å². The maximum absolute atomic E-state index is 12.2. The zero-order valence-electron chi connectivity index (χ0n) is 18.9. The second kappa shape index (κ2) is 11.6. The molecule has 2 heterocycles. The molecule has 0 radical (unpaired) electrons. The van der Waals surface area contributed by atoms with Gasteiger partial charge in [-0.1, -0.05) is 29.8 Å². The van der Waals surface area contributed by atoms with Crippen LogP contribution in [0.25, 0.3) is 0 Å². The molecule has 0 unspecified atom stereocenters. The van der Waals surface area contributed by atoms with E-state index in [9.17, 15) is 4.79 Å². The summed E-state index contributed by atoms with van der Waals surface area (Å²) in [5.41, 5.74) is 3.75. The highest BCUT2D eigenvalue weighted by Gasteiger charge is 2.15. The van der Waals surface area contributed by atoms with E-state index in [1.54, 1.807) is 24.4 Å². The van der Waals surface area contributed by atoms with Gasteiger partial charge in [0.15, 0.2) is 0 Å². The number of hydrogen-bond donors (Lipinski definition) is 6. The van der Waals surface area contributed by atoms with Crippen molar-refractivity contribution in [2.24, 2.45) is 0 Å². The third kappa shape index (κ3) is 6.66. The van der Waals surface area contributed by atoms with E-state index < -0.39 is 0 Å². The van der Waals surface area contributed by atoms with E-state index in [0.29, 0.717) is 34.4 Å². The number of benzene rings is 1. The van der Waals surface area contributed by atoms with Crippen molar-refractivity contribution < 1.29 is 4.79 Å². The van der Waals surface area contributed by atoms with E-state index >= 15 is 0 Å². The fraction of sp³-hybridized carbons (Fsp3) is 0.120. The first kappa shape index (κ1) is 24.5. The molecule has 0 fully saturated rings. The second-order valence-electron chi connectivity index (χ2n) is 7.37. The minimum atomic E-state index is -0.377. The van der Waals surface area contributed by atoms with Crippen molar-refractivity contribution in [1.29, 1.82) is 10.8 Å². The van der Waals surface area contributed by atoms with Crippen LogP contribution < -0.4 is 21.3 Å². The molecule has 1 aliphatic rings. The Bertz CT molecular complexity index is 1230. The van der Waals surface area contributed by atoms with Crippen LogP contribution in [-0.4, -0.2) is 30.0 Å². The minimum absolute atomic E-state index is 0.173. The van der Waals surface area contributed by atoms with Gasteiger partial charge in [-0.2, -0.15) is 0 Å². The van der Waals surface area contributed by atoms with Crippen LogP contribution in [-0.2, 0) is 11.3 Å². The Kier molecular flexibility index (Phi) is 8.37. The molecule has 0 aliphatic carbocycles. The molecule has 0 saturated carbocycles. The molecule has 2 aromatic rings. The van der Waals surface area contributed by atoms with E-state index in [1.807, 2.05) is 49.4 Å². The molecule has 8 nitrogen and oxygen atoms in total. The number of pyridine rings is 1. The molecule has 1 aromatic carbocycles. The lowest BCUT2D eigenvalue weighted by Gasteiger charge is -2.18. The first-order valence-electron chi connectivity index (χ1n) is 10.5. The Morgan fingerprint density at radius 3 is 2.74 bits per heavy atom. The van der Waals surface area contributed by atoms with Crippen molar-refractivity contribution in [3.8, 4) is 0 Å². The Balaban J connectivity index is 1.93. The summed E-state index contributed by atoms with van der Waals surface area (Å²) < 4.78 is 0.